The molecule has 29 heavy (non-hydrogen) atoms. The van der Waals surface area contributed by atoms with Crippen LogP contribution in [-0.4, -0.2) is 21.5 Å². The van der Waals surface area contributed by atoms with Crippen molar-refractivity contribution >= 4 is 22.9 Å². The van der Waals surface area contributed by atoms with Crippen LogP contribution in [0.5, 0.6) is 0 Å². The Hall–Kier alpha value is -3.39. The highest BCUT2D eigenvalue weighted by molar-refractivity contribution is 6.02. The SMILES string of the molecule is Cc1cc(/C=C(/C#N)C(=O)NC2CCCC2)c(C)n1-c1ccc2ncccc2c1. The van der Waals surface area contributed by atoms with Gasteiger partial charge in [-0.25, -0.2) is 0 Å². The molecule has 0 aliphatic heterocycles. The molecule has 1 aliphatic rings. The fourth-order valence-electron chi connectivity index (χ4n) is 4.17. The summed E-state index contributed by atoms with van der Waals surface area (Å²) < 4.78 is 2.14. The molecule has 1 fully saturated rings. The van der Waals surface area contributed by atoms with Crippen LogP contribution >= 0.6 is 0 Å². The molecule has 2 aromatic heterocycles. The molecule has 1 saturated carbocycles. The summed E-state index contributed by atoms with van der Waals surface area (Å²) in [5, 5.41) is 13.6. The fourth-order valence-corrected chi connectivity index (χ4v) is 4.17. The smallest absolute Gasteiger partial charge is 0.262 e. The Bertz CT molecular complexity index is 1140. The minimum Gasteiger partial charge on any atom is -0.349 e. The van der Waals surface area contributed by atoms with Gasteiger partial charge in [0, 0.05) is 34.7 Å². The van der Waals surface area contributed by atoms with Crippen molar-refractivity contribution < 1.29 is 4.79 Å². The summed E-state index contributed by atoms with van der Waals surface area (Å²) in [5.41, 5.74) is 5.06. The van der Waals surface area contributed by atoms with Gasteiger partial charge in [0.25, 0.3) is 5.91 Å². The van der Waals surface area contributed by atoms with E-state index < -0.39 is 0 Å². The molecule has 0 atom stereocenters. The number of nitriles is 1. The van der Waals surface area contributed by atoms with E-state index in [0.717, 1.165) is 59.2 Å². The first-order chi connectivity index (χ1) is 14.1. The summed E-state index contributed by atoms with van der Waals surface area (Å²) >= 11 is 0. The molecule has 1 N–H and O–H groups in total. The second-order valence-electron chi connectivity index (χ2n) is 7.67. The molecule has 4 rings (SSSR count). The minimum absolute atomic E-state index is 0.153. The van der Waals surface area contributed by atoms with Crippen LogP contribution < -0.4 is 5.32 Å². The summed E-state index contributed by atoms with van der Waals surface area (Å²) in [5.74, 6) is -0.277. The number of carbonyl (C=O) groups excluding carboxylic acids is 1. The van der Waals surface area contributed by atoms with Crippen LogP contribution in [0.3, 0.4) is 0 Å². The average Bonchev–Trinajstić information content (AvgIpc) is 3.33. The van der Waals surface area contributed by atoms with E-state index in [-0.39, 0.29) is 17.5 Å². The molecule has 1 amide bonds. The first kappa shape index (κ1) is 18.9. The van der Waals surface area contributed by atoms with Gasteiger partial charge < -0.3 is 9.88 Å². The number of amides is 1. The van der Waals surface area contributed by atoms with Crippen molar-refractivity contribution in [3.8, 4) is 11.8 Å². The fraction of sp³-hybridized carbons (Fsp3) is 0.292. The quantitative estimate of drug-likeness (QED) is 0.527. The number of hydrogen-bond donors (Lipinski definition) is 1. The number of benzene rings is 1. The van der Waals surface area contributed by atoms with E-state index in [9.17, 15) is 10.1 Å². The highest BCUT2D eigenvalue weighted by Crippen LogP contribution is 2.25. The van der Waals surface area contributed by atoms with Gasteiger partial charge in [0.15, 0.2) is 0 Å². The van der Waals surface area contributed by atoms with Crippen LogP contribution in [0.25, 0.3) is 22.7 Å². The molecule has 0 unspecified atom stereocenters. The number of nitrogens with zero attached hydrogens (tertiary/aromatic N) is 3. The molecule has 0 radical (unpaired) electrons. The largest absolute Gasteiger partial charge is 0.349 e. The van der Waals surface area contributed by atoms with Gasteiger partial charge in [0.05, 0.1) is 5.52 Å². The summed E-state index contributed by atoms with van der Waals surface area (Å²) in [4.78, 5) is 16.9. The van der Waals surface area contributed by atoms with Gasteiger partial charge in [-0.15, -0.1) is 0 Å². The molecular weight excluding hydrogens is 360 g/mol. The van der Waals surface area contributed by atoms with Crippen molar-refractivity contribution in [1.82, 2.24) is 14.9 Å². The number of rotatable bonds is 4. The summed E-state index contributed by atoms with van der Waals surface area (Å²) in [6, 6.07) is 14.4. The zero-order valence-electron chi connectivity index (χ0n) is 16.8. The van der Waals surface area contributed by atoms with Crippen molar-refractivity contribution in [3.63, 3.8) is 0 Å². The molecule has 1 aromatic carbocycles. The molecule has 0 spiro atoms. The lowest BCUT2D eigenvalue weighted by atomic mass is 10.1. The highest BCUT2D eigenvalue weighted by Gasteiger charge is 2.20. The molecule has 3 aromatic rings. The van der Waals surface area contributed by atoms with E-state index in [0.29, 0.717) is 0 Å². The van der Waals surface area contributed by atoms with Crippen molar-refractivity contribution in [3.05, 3.63) is 65.1 Å². The van der Waals surface area contributed by atoms with Gasteiger partial charge in [-0.1, -0.05) is 18.9 Å². The predicted molar refractivity (Wildman–Crippen MR) is 115 cm³/mol. The first-order valence-corrected chi connectivity index (χ1v) is 10.0. The van der Waals surface area contributed by atoms with Gasteiger partial charge in [-0.2, -0.15) is 5.26 Å². The third kappa shape index (κ3) is 3.79. The average molecular weight is 384 g/mol. The maximum Gasteiger partial charge on any atom is 0.262 e. The number of aryl methyl sites for hydroxylation is 1. The topological polar surface area (TPSA) is 70.7 Å². The number of nitrogens with one attached hydrogen (secondary N) is 1. The van der Waals surface area contributed by atoms with Gasteiger partial charge in [-0.05, 0) is 68.7 Å². The van der Waals surface area contributed by atoms with Crippen LogP contribution in [-0.2, 0) is 4.79 Å². The van der Waals surface area contributed by atoms with E-state index in [1.165, 1.54) is 0 Å². The highest BCUT2D eigenvalue weighted by atomic mass is 16.1. The number of carbonyl (C=O) groups is 1. The second kappa shape index (κ2) is 7.92. The standard InChI is InChI=1S/C24H24N4O/c1-16-12-19(13-20(15-25)24(29)27-21-7-3-4-8-21)17(2)28(16)22-9-10-23-18(14-22)6-5-11-26-23/h5-6,9-14,21H,3-4,7-8H2,1-2H3,(H,27,29)/b20-13-. The molecule has 1 aliphatic carbocycles. The van der Waals surface area contributed by atoms with Gasteiger partial charge in [-0.3, -0.25) is 9.78 Å². The van der Waals surface area contributed by atoms with Gasteiger partial charge in [0.2, 0.25) is 0 Å². The number of aromatic nitrogens is 2. The third-order valence-electron chi connectivity index (χ3n) is 5.67. The summed E-state index contributed by atoms with van der Waals surface area (Å²) in [7, 11) is 0. The van der Waals surface area contributed by atoms with E-state index in [4.69, 9.17) is 0 Å². The Kier molecular flexibility index (Phi) is 5.18. The van der Waals surface area contributed by atoms with Gasteiger partial charge >= 0.3 is 0 Å². The Morgan fingerprint density at radius 1 is 1.24 bits per heavy atom. The number of pyridine rings is 1. The monoisotopic (exact) mass is 384 g/mol. The zero-order chi connectivity index (χ0) is 20.4. The maximum absolute atomic E-state index is 12.5. The molecule has 5 heteroatoms. The summed E-state index contributed by atoms with van der Waals surface area (Å²) in [6.45, 7) is 4.04. The number of fused-ring (bicyclic) bond motifs is 1. The second-order valence-corrected chi connectivity index (χ2v) is 7.67. The van der Waals surface area contributed by atoms with E-state index in [2.05, 4.69) is 27.0 Å². The molecule has 2 heterocycles. The van der Waals surface area contributed by atoms with Crippen LogP contribution in [0.1, 0.15) is 42.6 Å². The lowest BCUT2D eigenvalue weighted by Crippen LogP contribution is -2.33. The molecule has 146 valence electrons. The Balaban J connectivity index is 1.67. The van der Waals surface area contributed by atoms with E-state index in [1.54, 1.807) is 12.3 Å². The maximum atomic E-state index is 12.5. The lowest BCUT2D eigenvalue weighted by molar-refractivity contribution is -0.117. The van der Waals surface area contributed by atoms with Crippen LogP contribution in [0.15, 0.2) is 48.2 Å². The van der Waals surface area contributed by atoms with Crippen LogP contribution in [0, 0.1) is 25.2 Å². The number of hydrogen-bond acceptors (Lipinski definition) is 3. The normalized spacial score (nSPS) is 14.9. The molecular formula is C24H24N4O. The molecule has 0 bridgehead atoms. The summed E-state index contributed by atoms with van der Waals surface area (Å²) in [6.07, 6.45) is 7.76. The molecule has 0 saturated heterocycles. The van der Waals surface area contributed by atoms with Crippen molar-refractivity contribution in [2.75, 3.05) is 0 Å². The van der Waals surface area contributed by atoms with Gasteiger partial charge in [0.1, 0.15) is 11.6 Å². The van der Waals surface area contributed by atoms with Crippen molar-refractivity contribution in [2.24, 2.45) is 0 Å². The van der Waals surface area contributed by atoms with Crippen molar-refractivity contribution in [2.45, 2.75) is 45.6 Å². The van der Waals surface area contributed by atoms with Crippen molar-refractivity contribution in [1.29, 1.82) is 5.26 Å². The Morgan fingerprint density at radius 3 is 2.79 bits per heavy atom. The predicted octanol–water partition coefficient (Wildman–Crippen LogP) is 4.61. The van der Waals surface area contributed by atoms with Crippen LogP contribution in [0.2, 0.25) is 0 Å². The Morgan fingerprint density at radius 2 is 2.03 bits per heavy atom. The first-order valence-electron chi connectivity index (χ1n) is 10.0. The molecule has 5 nitrogen and oxygen atoms in total. The Labute approximate surface area is 170 Å². The van der Waals surface area contributed by atoms with Crippen LogP contribution in [0.4, 0.5) is 0 Å². The van der Waals surface area contributed by atoms with E-state index in [1.807, 2.05) is 44.2 Å². The minimum atomic E-state index is -0.277. The third-order valence-corrected chi connectivity index (χ3v) is 5.67. The lowest BCUT2D eigenvalue weighted by Gasteiger charge is -2.11. The zero-order valence-corrected chi connectivity index (χ0v) is 16.8. The van der Waals surface area contributed by atoms with E-state index >= 15 is 0 Å².